The molecular weight excluding hydrogens is 306 g/mol. The molecule has 5 nitrogen and oxygen atoms in total. The van der Waals surface area contributed by atoms with Crippen molar-refractivity contribution in [2.75, 3.05) is 25.1 Å². The van der Waals surface area contributed by atoms with Crippen molar-refractivity contribution >= 4 is 11.7 Å². The maximum atomic E-state index is 12.2. The van der Waals surface area contributed by atoms with E-state index in [-0.39, 0.29) is 17.8 Å². The molecule has 0 aliphatic rings. The van der Waals surface area contributed by atoms with E-state index >= 15 is 0 Å². The lowest BCUT2D eigenvalue weighted by Gasteiger charge is -2.21. The van der Waals surface area contributed by atoms with E-state index in [0.717, 1.165) is 12.8 Å². The zero-order chi connectivity index (χ0) is 17.3. The molecule has 2 amide bonds. The van der Waals surface area contributed by atoms with E-state index in [2.05, 4.69) is 10.6 Å². The van der Waals surface area contributed by atoms with E-state index < -0.39 is 19.1 Å². The number of hydrogen-bond donors (Lipinski definition) is 3. The summed E-state index contributed by atoms with van der Waals surface area (Å²) in [5, 5.41) is 14.4. The predicted octanol–water partition coefficient (Wildman–Crippen LogP) is 3.25. The van der Waals surface area contributed by atoms with Crippen LogP contribution in [0.4, 0.5) is 19.3 Å². The van der Waals surface area contributed by atoms with Gasteiger partial charge in [0.25, 0.3) is 6.43 Å². The first kappa shape index (κ1) is 19.2. The lowest BCUT2D eigenvalue weighted by Crippen LogP contribution is -2.30. The van der Waals surface area contributed by atoms with Gasteiger partial charge in [0.1, 0.15) is 12.4 Å². The fourth-order valence-corrected chi connectivity index (χ4v) is 1.86. The summed E-state index contributed by atoms with van der Waals surface area (Å²) in [6.07, 6.45) is -1.07. The molecule has 23 heavy (non-hydrogen) atoms. The van der Waals surface area contributed by atoms with Gasteiger partial charge in [0, 0.05) is 13.2 Å². The van der Waals surface area contributed by atoms with E-state index in [1.54, 1.807) is 18.2 Å². The smallest absolute Gasteiger partial charge is 0.319 e. The summed E-state index contributed by atoms with van der Waals surface area (Å²) in [4.78, 5) is 11.8. The Morgan fingerprint density at radius 1 is 1.35 bits per heavy atom. The molecule has 130 valence electrons. The maximum Gasteiger partial charge on any atom is 0.319 e. The minimum Gasteiger partial charge on any atom is -0.485 e. The van der Waals surface area contributed by atoms with Crippen molar-refractivity contribution in [3.05, 3.63) is 24.3 Å². The number of rotatable bonds is 9. The highest BCUT2D eigenvalue weighted by molar-refractivity contribution is 5.90. The van der Waals surface area contributed by atoms with Crippen LogP contribution in [0, 0.1) is 5.41 Å². The number of ether oxygens (including phenoxy) is 1. The van der Waals surface area contributed by atoms with Crippen molar-refractivity contribution < 1.29 is 23.4 Å². The quantitative estimate of drug-likeness (QED) is 0.609. The lowest BCUT2D eigenvalue weighted by molar-refractivity contribution is 0.0823. The summed E-state index contributed by atoms with van der Waals surface area (Å²) in [5.41, 5.74) is 0.162. The second kappa shape index (κ2) is 9.29. The number of carbonyl (C=O) groups is 1. The Morgan fingerprint density at radius 3 is 2.70 bits per heavy atom. The number of aliphatic hydroxyl groups excluding tert-OH is 1. The van der Waals surface area contributed by atoms with Crippen LogP contribution in [0.5, 0.6) is 5.75 Å². The minimum atomic E-state index is -2.58. The fourth-order valence-electron chi connectivity index (χ4n) is 1.86. The van der Waals surface area contributed by atoms with Gasteiger partial charge >= 0.3 is 6.03 Å². The Morgan fingerprint density at radius 2 is 2.04 bits per heavy atom. The van der Waals surface area contributed by atoms with Gasteiger partial charge in [0.05, 0.1) is 5.69 Å². The number of alkyl halides is 2. The van der Waals surface area contributed by atoms with Crippen LogP contribution in [-0.2, 0) is 0 Å². The summed E-state index contributed by atoms with van der Waals surface area (Å²) in [6.45, 7) is 3.72. The van der Waals surface area contributed by atoms with Gasteiger partial charge in [0.15, 0.2) is 0 Å². The van der Waals surface area contributed by atoms with Gasteiger partial charge in [-0.25, -0.2) is 13.6 Å². The normalized spacial score (nSPS) is 11.4. The molecule has 7 heteroatoms. The second-order valence-electron chi connectivity index (χ2n) is 6.01. The van der Waals surface area contributed by atoms with Crippen molar-refractivity contribution in [1.82, 2.24) is 5.32 Å². The van der Waals surface area contributed by atoms with Crippen molar-refractivity contribution in [2.45, 2.75) is 33.1 Å². The van der Waals surface area contributed by atoms with Crippen molar-refractivity contribution in [2.24, 2.45) is 5.41 Å². The Kier molecular flexibility index (Phi) is 7.74. The molecule has 1 aromatic carbocycles. The van der Waals surface area contributed by atoms with Gasteiger partial charge in [-0.2, -0.15) is 0 Å². The number of amides is 2. The van der Waals surface area contributed by atoms with E-state index in [1.165, 1.54) is 6.07 Å². The van der Waals surface area contributed by atoms with Gasteiger partial charge in [-0.1, -0.05) is 26.0 Å². The number of carbonyl (C=O) groups excluding carboxylic acids is 1. The molecule has 0 spiro atoms. The monoisotopic (exact) mass is 330 g/mol. The highest BCUT2D eigenvalue weighted by Crippen LogP contribution is 2.24. The second-order valence-corrected chi connectivity index (χ2v) is 6.01. The average molecular weight is 330 g/mol. The van der Waals surface area contributed by atoms with Crippen molar-refractivity contribution in [3.8, 4) is 5.75 Å². The first-order valence-electron chi connectivity index (χ1n) is 7.50. The third-order valence-electron chi connectivity index (χ3n) is 3.24. The molecule has 0 aromatic heterocycles. The van der Waals surface area contributed by atoms with Crippen LogP contribution >= 0.6 is 0 Å². The van der Waals surface area contributed by atoms with Crippen LogP contribution in [0.15, 0.2) is 24.3 Å². The molecule has 0 atom stereocenters. The summed E-state index contributed by atoms with van der Waals surface area (Å²) >= 11 is 0. The number of nitrogens with one attached hydrogen (secondary N) is 2. The molecule has 0 bridgehead atoms. The fraction of sp³-hybridized carbons (Fsp3) is 0.562. The number of para-hydroxylation sites is 2. The first-order valence-corrected chi connectivity index (χ1v) is 7.50. The maximum absolute atomic E-state index is 12.2. The highest BCUT2D eigenvalue weighted by Gasteiger charge is 2.15. The van der Waals surface area contributed by atoms with Crippen molar-refractivity contribution in [1.29, 1.82) is 0 Å². The van der Waals surface area contributed by atoms with Crippen LogP contribution in [0.1, 0.15) is 26.7 Å². The zero-order valence-electron chi connectivity index (χ0n) is 13.4. The standard InChI is InChI=1S/C16H24F2N2O3/c1-16(2,11-21)8-5-9-19-15(22)20-12-6-3-4-7-13(12)23-10-14(17)18/h3-4,6-7,14,21H,5,8-11H2,1-2H3,(H2,19,20,22). The number of aliphatic hydroxyl groups is 1. The number of anilines is 1. The third kappa shape index (κ3) is 7.78. The largest absolute Gasteiger partial charge is 0.485 e. The Balaban J connectivity index is 2.42. The molecule has 0 fully saturated rings. The summed E-state index contributed by atoms with van der Waals surface area (Å²) in [6, 6.07) is 5.98. The average Bonchev–Trinajstić information content (AvgIpc) is 2.50. The van der Waals surface area contributed by atoms with E-state index in [0.29, 0.717) is 12.2 Å². The summed E-state index contributed by atoms with van der Waals surface area (Å²) in [7, 11) is 0. The van der Waals surface area contributed by atoms with Gasteiger partial charge in [0.2, 0.25) is 0 Å². The molecule has 0 aliphatic carbocycles. The van der Waals surface area contributed by atoms with E-state index in [4.69, 9.17) is 9.84 Å². The zero-order valence-corrected chi connectivity index (χ0v) is 13.4. The van der Waals surface area contributed by atoms with Crippen LogP contribution in [0.25, 0.3) is 0 Å². The molecule has 0 unspecified atom stereocenters. The van der Waals surface area contributed by atoms with Gasteiger partial charge in [-0.15, -0.1) is 0 Å². The van der Waals surface area contributed by atoms with Crippen molar-refractivity contribution in [3.63, 3.8) is 0 Å². The Hall–Kier alpha value is -1.89. The predicted molar refractivity (Wildman–Crippen MR) is 85.1 cm³/mol. The molecule has 3 N–H and O–H groups in total. The van der Waals surface area contributed by atoms with E-state index in [9.17, 15) is 13.6 Å². The number of halogens is 2. The minimum absolute atomic E-state index is 0.0913. The summed E-state index contributed by atoms with van der Waals surface area (Å²) in [5.74, 6) is 0.198. The highest BCUT2D eigenvalue weighted by atomic mass is 19.3. The van der Waals surface area contributed by atoms with Gasteiger partial charge in [-0.3, -0.25) is 0 Å². The molecule has 0 saturated carbocycles. The SMILES string of the molecule is CC(C)(CO)CCCNC(=O)Nc1ccccc1OCC(F)F. The number of urea groups is 1. The molecule has 0 aliphatic heterocycles. The topological polar surface area (TPSA) is 70.6 Å². The van der Waals surface area contributed by atoms with Gasteiger partial charge < -0.3 is 20.5 Å². The van der Waals surface area contributed by atoms with Crippen LogP contribution in [-0.4, -0.2) is 37.3 Å². The molecule has 0 saturated heterocycles. The third-order valence-corrected chi connectivity index (χ3v) is 3.24. The van der Waals surface area contributed by atoms with E-state index in [1.807, 2.05) is 13.8 Å². The molecule has 1 aromatic rings. The van der Waals surface area contributed by atoms with Gasteiger partial charge in [-0.05, 0) is 30.4 Å². The number of hydrogen-bond acceptors (Lipinski definition) is 3. The first-order chi connectivity index (χ1) is 10.8. The van der Waals surface area contributed by atoms with Crippen LogP contribution in [0.3, 0.4) is 0 Å². The molecule has 0 radical (unpaired) electrons. The van der Waals surface area contributed by atoms with Crippen LogP contribution in [0.2, 0.25) is 0 Å². The molecule has 0 heterocycles. The summed E-state index contributed by atoms with van der Waals surface area (Å²) < 4.78 is 29.4. The molecule has 1 rings (SSSR count). The Bertz CT molecular complexity index is 496. The number of benzene rings is 1. The lowest BCUT2D eigenvalue weighted by atomic mass is 9.89. The Labute approximate surface area is 135 Å². The van der Waals surface area contributed by atoms with Crippen LogP contribution < -0.4 is 15.4 Å². The molecular formula is C16H24F2N2O3.